The highest BCUT2D eigenvalue weighted by molar-refractivity contribution is 6.39. The lowest BCUT2D eigenvalue weighted by molar-refractivity contribution is -0.274. The Balaban J connectivity index is 1.46. The molecule has 0 aliphatic carbocycles. The van der Waals surface area contributed by atoms with E-state index in [-0.39, 0.29) is 27.8 Å². The summed E-state index contributed by atoms with van der Waals surface area (Å²) in [4.78, 5) is 25.3. The molecule has 4 aromatic carbocycles. The topological polar surface area (TPSA) is 103 Å². The zero-order valence-electron chi connectivity index (χ0n) is 26.0. The number of hydrogen-bond donors (Lipinski definition) is 2. The van der Waals surface area contributed by atoms with Crippen molar-refractivity contribution in [1.29, 1.82) is 0 Å². The van der Waals surface area contributed by atoms with Crippen molar-refractivity contribution in [1.82, 2.24) is 5.32 Å². The van der Waals surface area contributed by atoms with Crippen LogP contribution in [0, 0.1) is 11.8 Å². The maximum Gasteiger partial charge on any atom is 0.573 e. The number of carbonyl (C=O) groups excluding carboxylic acids is 1. The molecule has 4 aromatic rings. The van der Waals surface area contributed by atoms with Crippen molar-refractivity contribution in [3.8, 4) is 46.0 Å². The van der Waals surface area contributed by atoms with Crippen LogP contribution in [0.5, 0.6) is 23.0 Å². The predicted molar refractivity (Wildman–Crippen MR) is 177 cm³/mol. The molecule has 0 radical (unpaired) electrons. The Morgan fingerprint density at radius 3 is 2.18 bits per heavy atom. The Morgan fingerprint density at radius 1 is 0.959 bits per heavy atom. The van der Waals surface area contributed by atoms with E-state index < -0.39 is 24.3 Å². The SMILES string of the molecule is COc1cc(C#Cc2ccc(OC(F)(F)F)cc2)cc(OC)c1-c1ccc(C[C@H](NC(=O)c2c(Cl)cccc2Cl)C(=O)O)c2c1OCCC2. The van der Waals surface area contributed by atoms with Gasteiger partial charge in [0.2, 0.25) is 0 Å². The number of alkyl halides is 3. The molecule has 0 bridgehead atoms. The minimum absolute atomic E-state index is 0.0152. The second kappa shape index (κ2) is 15.0. The lowest BCUT2D eigenvalue weighted by Gasteiger charge is -2.26. The van der Waals surface area contributed by atoms with Crippen LogP contribution in [-0.4, -0.2) is 50.2 Å². The van der Waals surface area contributed by atoms with Crippen LogP contribution in [0.3, 0.4) is 0 Å². The molecule has 49 heavy (non-hydrogen) atoms. The monoisotopic (exact) mass is 713 g/mol. The number of hydrogen-bond acceptors (Lipinski definition) is 6. The highest BCUT2D eigenvalue weighted by Crippen LogP contribution is 2.47. The number of methoxy groups -OCH3 is 2. The second-order valence-corrected chi connectivity index (χ2v) is 11.6. The summed E-state index contributed by atoms with van der Waals surface area (Å²) in [6.45, 7) is 0.425. The smallest absolute Gasteiger partial charge is 0.496 e. The minimum Gasteiger partial charge on any atom is -0.496 e. The average Bonchev–Trinajstić information content (AvgIpc) is 3.06. The zero-order chi connectivity index (χ0) is 35.3. The third-order valence-electron chi connectivity index (χ3n) is 7.61. The lowest BCUT2D eigenvalue weighted by Crippen LogP contribution is -2.42. The summed E-state index contributed by atoms with van der Waals surface area (Å²) in [6.07, 6.45) is -3.55. The maximum absolute atomic E-state index is 13.0. The van der Waals surface area contributed by atoms with E-state index in [1.807, 2.05) is 0 Å². The summed E-state index contributed by atoms with van der Waals surface area (Å²) in [6, 6.07) is 15.4. The number of halogens is 5. The van der Waals surface area contributed by atoms with Crippen molar-refractivity contribution >= 4 is 35.1 Å². The normalized spacial score (nSPS) is 12.8. The van der Waals surface area contributed by atoms with E-state index in [1.165, 1.54) is 50.6 Å². The van der Waals surface area contributed by atoms with E-state index in [0.717, 1.165) is 5.56 Å². The minimum atomic E-state index is -4.79. The molecular formula is C36H28Cl2F3NO7. The molecule has 0 saturated carbocycles. The summed E-state index contributed by atoms with van der Waals surface area (Å²) >= 11 is 12.3. The first-order valence-corrected chi connectivity index (χ1v) is 15.5. The maximum atomic E-state index is 13.0. The van der Waals surface area contributed by atoms with Crippen molar-refractivity contribution in [2.24, 2.45) is 0 Å². The fourth-order valence-electron chi connectivity index (χ4n) is 5.42. The Labute approximate surface area is 289 Å². The molecule has 0 unspecified atom stereocenters. The quantitative estimate of drug-likeness (QED) is 0.171. The van der Waals surface area contributed by atoms with Gasteiger partial charge in [0.1, 0.15) is 29.0 Å². The van der Waals surface area contributed by atoms with Gasteiger partial charge in [-0.3, -0.25) is 4.79 Å². The molecule has 1 aliphatic heterocycles. The third kappa shape index (κ3) is 8.34. The fourth-order valence-corrected chi connectivity index (χ4v) is 5.99. The molecule has 13 heteroatoms. The highest BCUT2D eigenvalue weighted by Gasteiger charge is 2.31. The van der Waals surface area contributed by atoms with Crippen LogP contribution in [-0.2, 0) is 17.6 Å². The summed E-state index contributed by atoms with van der Waals surface area (Å²) in [7, 11) is 2.98. The van der Waals surface area contributed by atoms with Crippen LogP contribution in [0.2, 0.25) is 10.0 Å². The van der Waals surface area contributed by atoms with Gasteiger partial charge in [0.05, 0.1) is 42.0 Å². The Kier molecular flexibility index (Phi) is 10.8. The lowest BCUT2D eigenvalue weighted by atomic mass is 9.89. The summed E-state index contributed by atoms with van der Waals surface area (Å²) in [5.41, 5.74) is 3.63. The summed E-state index contributed by atoms with van der Waals surface area (Å²) in [5, 5.41) is 12.8. The van der Waals surface area contributed by atoms with Crippen LogP contribution >= 0.6 is 23.2 Å². The van der Waals surface area contributed by atoms with Crippen LogP contribution in [0.1, 0.15) is 39.0 Å². The number of fused-ring (bicyclic) bond motifs is 1. The number of aliphatic carboxylic acids is 1. The molecule has 1 heterocycles. The fraction of sp³-hybridized carbons (Fsp3) is 0.222. The molecule has 1 atom stereocenters. The van der Waals surface area contributed by atoms with E-state index in [0.29, 0.717) is 64.5 Å². The molecule has 5 rings (SSSR count). The van der Waals surface area contributed by atoms with E-state index in [4.69, 9.17) is 37.4 Å². The number of carbonyl (C=O) groups is 2. The Bertz CT molecular complexity index is 1910. The molecule has 0 fully saturated rings. The first kappa shape index (κ1) is 35.3. The van der Waals surface area contributed by atoms with Crippen molar-refractivity contribution < 1.29 is 46.8 Å². The van der Waals surface area contributed by atoms with E-state index in [1.54, 1.807) is 30.3 Å². The molecule has 0 aromatic heterocycles. The average molecular weight is 715 g/mol. The van der Waals surface area contributed by atoms with Crippen LogP contribution in [0.15, 0.2) is 66.7 Å². The van der Waals surface area contributed by atoms with Gasteiger partial charge >= 0.3 is 12.3 Å². The van der Waals surface area contributed by atoms with Gasteiger partial charge in [0.15, 0.2) is 0 Å². The van der Waals surface area contributed by atoms with E-state index in [9.17, 15) is 27.9 Å². The summed E-state index contributed by atoms with van der Waals surface area (Å²) < 4.78 is 59.0. The molecule has 254 valence electrons. The Morgan fingerprint density at radius 2 is 1.59 bits per heavy atom. The van der Waals surface area contributed by atoms with Gasteiger partial charge in [-0.1, -0.05) is 53.2 Å². The zero-order valence-corrected chi connectivity index (χ0v) is 27.6. The second-order valence-electron chi connectivity index (χ2n) is 10.8. The van der Waals surface area contributed by atoms with Crippen LogP contribution < -0.4 is 24.3 Å². The van der Waals surface area contributed by atoms with Crippen molar-refractivity contribution in [3.05, 3.63) is 105 Å². The molecule has 2 N–H and O–H groups in total. The van der Waals surface area contributed by atoms with Gasteiger partial charge in [-0.25, -0.2) is 4.79 Å². The number of benzene rings is 4. The number of ether oxygens (including phenoxy) is 4. The van der Waals surface area contributed by atoms with Gasteiger partial charge in [0.25, 0.3) is 5.91 Å². The first-order valence-electron chi connectivity index (χ1n) is 14.8. The molecule has 1 aliphatic rings. The number of nitrogens with one attached hydrogen (secondary N) is 1. The van der Waals surface area contributed by atoms with E-state index in [2.05, 4.69) is 21.9 Å². The van der Waals surface area contributed by atoms with Gasteiger partial charge in [-0.15, -0.1) is 13.2 Å². The summed E-state index contributed by atoms with van der Waals surface area (Å²) in [5.74, 6) is 4.94. The standard InChI is InChI=1S/C36H28Cl2F3NO7/c1-46-29-17-21(9-8-20-10-13-23(14-11-20)49-36(39,40)41)18-30(47-2)31(29)25-15-12-22(24-5-4-16-48-33(24)25)19-28(35(44)45)42-34(43)32-26(37)6-3-7-27(32)38/h3,6-7,10-15,17-18,28H,4-5,16,19H2,1-2H3,(H,42,43)(H,44,45)/t28-/m0/s1. The Hall–Kier alpha value is -5.05. The van der Waals surface area contributed by atoms with Gasteiger partial charge in [-0.2, -0.15) is 0 Å². The van der Waals surface area contributed by atoms with Crippen molar-refractivity contribution in [2.75, 3.05) is 20.8 Å². The largest absolute Gasteiger partial charge is 0.573 e. The number of amides is 1. The molecule has 1 amide bonds. The molecular weight excluding hydrogens is 686 g/mol. The highest BCUT2D eigenvalue weighted by atomic mass is 35.5. The van der Waals surface area contributed by atoms with Gasteiger partial charge < -0.3 is 29.4 Å². The van der Waals surface area contributed by atoms with Crippen molar-refractivity contribution in [3.63, 3.8) is 0 Å². The number of rotatable bonds is 9. The molecule has 0 saturated heterocycles. The van der Waals surface area contributed by atoms with Gasteiger partial charge in [-0.05, 0) is 72.5 Å². The number of carboxylic acid groups (broad SMARTS) is 1. The number of carboxylic acids is 1. The van der Waals surface area contributed by atoms with Crippen LogP contribution in [0.25, 0.3) is 11.1 Å². The van der Waals surface area contributed by atoms with E-state index >= 15 is 0 Å². The first-order chi connectivity index (χ1) is 23.4. The predicted octanol–water partition coefficient (Wildman–Crippen LogP) is 7.73. The van der Waals surface area contributed by atoms with Gasteiger partial charge in [0, 0.05) is 23.1 Å². The molecule has 8 nitrogen and oxygen atoms in total. The van der Waals surface area contributed by atoms with Crippen molar-refractivity contribution in [2.45, 2.75) is 31.7 Å². The van der Waals surface area contributed by atoms with Crippen LogP contribution in [0.4, 0.5) is 13.2 Å². The third-order valence-corrected chi connectivity index (χ3v) is 8.24. The molecule has 0 spiro atoms.